The molecule has 1 aromatic carbocycles. The molecule has 1 unspecified atom stereocenters. The predicted molar refractivity (Wildman–Crippen MR) is 91.2 cm³/mol. The molecule has 1 fully saturated rings. The molecule has 7 nitrogen and oxygen atoms in total. The van der Waals surface area contributed by atoms with Crippen LogP contribution in [0.25, 0.3) is 0 Å². The minimum Gasteiger partial charge on any atom is -0.480 e. The SMILES string of the molecule is CN(C(=O)OCc1ccccc1)C(CC(=O)N1CCC(F)(F)CC1)C(=O)O. The van der Waals surface area contributed by atoms with E-state index >= 15 is 0 Å². The highest BCUT2D eigenvalue weighted by Crippen LogP contribution is 2.28. The van der Waals surface area contributed by atoms with Gasteiger partial charge in [0.05, 0.1) is 6.42 Å². The third kappa shape index (κ3) is 5.90. The van der Waals surface area contributed by atoms with E-state index in [1.54, 1.807) is 30.3 Å². The van der Waals surface area contributed by atoms with Crippen LogP contribution in [0.1, 0.15) is 24.8 Å². The van der Waals surface area contributed by atoms with Gasteiger partial charge >= 0.3 is 12.1 Å². The molecule has 0 saturated carbocycles. The van der Waals surface area contributed by atoms with Crippen LogP contribution in [-0.4, -0.2) is 65.0 Å². The van der Waals surface area contributed by atoms with Crippen molar-refractivity contribution in [3.63, 3.8) is 0 Å². The molecule has 27 heavy (non-hydrogen) atoms. The van der Waals surface area contributed by atoms with Gasteiger partial charge in [-0.05, 0) is 5.56 Å². The minimum atomic E-state index is -2.80. The van der Waals surface area contributed by atoms with Crippen molar-refractivity contribution in [3.8, 4) is 0 Å². The number of hydrogen-bond acceptors (Lipinski definition) is 4. The summed E-state index contributed by atoms with van der Waals surface area (Å²) in [6.45, 7) is -0.313. The van der Waals surface area contributed by atoms with Crippen LogP contribution in [0.5, 0.6) is 0 Å². The standard InChI is InChI=1S/C18H22F2N2O5/c1-21(17(26)27-12-13-5-3-2-4-6-13)14(16(24)25)11-15(23)22-9-7-18(19,20)8-10-22/h2-6,14H,7-12H2,1H3,(H,24,25). The number of carboxylic acid groups (broad SMARTS) is 1. The molecule has 1 aliphatic rings. The molecule has 148 valence electrons. The topological polar surface area (TPSA) is 87.2 Å². The lowest BCUT2D eigenvalue weighted by Crippen LogP contribution is -2.48. The summed E-state index contributed by atoms with van der Waals surface area (Å²) in [6.07, 6.45) is -2.29. The lowest BCUT2D eigenvalue weighted by Gasteiger charge is -2.33. The number of amides is 2. The quantitative estimate of drug-likeness (QED) is 0.814. The van der Waals surface area contributed by atoms with Crippen molar-refractivity contribution in [2.45, 2.75) is 37.8 Å². The second kappa shape index (κ2) is 8.79. The Morgan fingerprint density at radius 2 is 1.81 bits per heavy atom. The summed E-state index contributed by atoms with van der Waals surface area (Å²) in [5.74, 6) is -4.76. The summed E-state index contributed by atoms with van der Waals surface area (Å²) in [5.41, 5.74) is 0.733. The summed E-state index contributed by atoms with van der Waals surface area (Å²) in [6, 6.07) is 7.40. The van der Waals surface area contributed by atoms with E-state index in [0.717, 1.165) is 10.5 Å². The zero-order valence-corrected chi connectivity index (χ0v) is 14.9. The monoisotopic (exact) mass is 384 g/mol. The maximum atomic E-state index is 13.2. The van der Waals surface area contributed by atoms with Crippen molar-refractivity contribution in [2.24, 2.45) is 0 Å². The molecule has 9 heteroatoms. The van der Waals surface area contributed by atoms with Gasteiger partial charge in [0.15, 0.2) is 0 Å². The highest BCUT2D eigenvalue weighted by atomic mass is 19.3. The van der Waals surface area contributed by atoms with Gasteiger partial charge < -0.3 is 14.7 Å². The fourth-order valence-electron chi connectivity index (χ4n) is 2.72. The number of likely N-dealkylation sites (N-methyl/N-ethyl adjacent to an activating group) is 1. The molecule has 1 aliphatic heterocycles. The van der Waals surface area contributed by atoms with E-state index in [2.05, 4.69) is 0 Å². The van der Waals surface area contributed by atoms with Crippen molar-refractivity contribution in [1.82, 2.24) is 9.80 Å². The van der Waals surface area contributed by atoms with Crippen LogP contribution in [0, 0.1) is 0 Å². The zero-order chi connectivity index (χ0) is 20.0. The number of nitrogens with zero attached hydrogens (tertiary/aromatic N) is 2. The fraction of sp³-hybridized carbons (Fsp3) is 0.500. The van der Waals surface area contributed by atoms with Crippen LogP contribution in [0.15, 0.2) is 30.3 Å². The lowest BCUT2D eigenvalue weighted by atomic mass is 10.1. The molecule has 0 radical (unpaired) electrons. The molecule has 2 amide bonds. The molecule has 1 heterocycles. The van der Waals surface area contributed by atoms with E-state index in [0.29, 0.717) is 0 Å². The van der Waals surface area contributed by atoms with Crippen LogP contribution in [-0.2, 0) is 20.9 Å². The fourth-order valence-corrected chi connectivity index (χ4v) is 2.72. The van der Waals surface area contributed by atoms with Crippen molar-refractivity contribution >= 4 is 18.0 Å². The van der Waals surface area contributed by atoms with Crippen molar-refractivity contribution in [3.05, 3.63) is 35.9 Å². The summed E-state index contributed by atoms with van der Waals surface area (Å²) in [7, 11) is 1.23. The highest BCUT2D eigenvalue weighted by Gasteiger charge is 2.37. The lowest BCUT2D eigenvalue weighted by molar-refractivity contribution is -0.148. The van der Waals surface area contributed by atoms with Crippen LogP contribution in [0.2, 0.25) is 0 Å². The predicted octanol–water partition coefficient (Wildman–Crippen LogP) is 2.36. The van der Waals surface area contributed by atoms with Crippen LogP contribution in [0.3, 0.4) is 0 Å². The number of carboxylic acids is 1. The molecule has 1 atom stereocenters. The second-order valence-corrected chi connectivity index (χ2v) is 6.45. The number of piperidine rings is 1. The normalized spacial score (nSPS) is 17.1. The highest BCUT2D eigenvalue weighted by molar-refractivity contribution is 5.87. The smallest absolute Gasteiger partial charge is 0.410 e. The Balaban J connectivity index is 1.92. The van der Waals surface area contributed by atoms with Crippen molar-refractivity contribution < 1.29 is 33.0 Å². The average Bonchev–Trinajstić information content (AvgIpc) is 2.64. The first-order valence-electron chi connectivity index (χ1n) is 8.51. The Morgan fingerprint density at radius 3 is 2.37 bits per heavy atom. The summed E-state index contributed by atoms with van der Waals surface area (Å²) < 4.78 is 31.5. The Hall–Kier alpha value is -2.71. The van der Waals surface area contributed by atoms with E-state index in [9.17, 15) is 28.3 Å². The molecule has 1 aromatic rings. The molecular formula is C18H22F2N2O5. The first kappa shape index (κ1) is 20.6. The summed E-state index contributed by atoms with van der Waals surface area (Å²) in [5, 5.41) is 9.37. The van der Waals surface area contributed by atoms with Gasteiger partial charge in [-0.2, -0.15) is 0 Å². The Labute approximate surface area is 155 Å². The molecule has 1 N–H and O–H groups in total. The molecule has 0 bridgehead atoms. The number of rotatable bonds is 6. The Bertz CT molecular complexity index is 674. The second-order valence-electron chi connectivity index (χ2n) is 6.45. The van der Waals surface area contributed by atoms with Crippen LogP contribution < -0.4 is 0 Å². The molecule has 0 aliphatic carbocycles. The van der Waals surface area contributed by atoms with Gasteiger partial charge in [0, 0.05) is 33.0 Å². The third-order valence-electron chi connectivity index (χ3n) is 4.46. The van der Waals surface area contributed by atoms with Gasteiger partial charge in [-0.25, -0.2) is 18.4 Å². The van der Waals surface area contributed by atoms with E-state index in [4.69, 9.17) is 4.74 Å². The minimum absolute atomic E-state index is 0.0362. The number of aliphatic carboxylic acids is 1. The number of alkyl halides is 2. The van der Waals surface area contributed by atoms with Crippen LogP contribution >= 0.6 is 0 Å². The number of benzene rings is 1. The molecule has 1 saturated heterocycles. The maximum Gasteiger partial charge on any atom is 0.410 e. The van der Waals surface area contributed by atoms with E-state index in [-0.39, 0.29) is 19.7 Å². The zero-order valence-electron chi connectivity index (χ0n) is 14.9. The average molecular weight is 384 g/mol. The maximum absolute atomic E-state index is 13.2. The van der Waals surface area contributed by atoms with Crippen molar-refractivity contribution in [1.29, 1.82) is 0 Å². The van der Waals surface area contributed by atoms with Gasteiger partial charge in [-0.3, -0.25) is 9.69 Å². The van der Waals surface area contributed by atoms with Gasteiger partial charge in [0.2, 0.25) is 5.91 Å². The van der Waals surface area contributed by atoms with E-state index in [1.807, 2.05) is 0 Å². The Kier molecular flexibility index (Phi) is 6.70. The number of carbonyl (C=O) groups is 3. The molecule has 2 rings (SSSR count). The first-order valence-corrected chi connectivity index (χ1v) is 8.51. The van der Waals surface area contributed by atoms with Gasteiger partial charge in [0.1, 0.15) is 12.6 Å². The number of likely N-dealkylation sites (tertiary alicyclic amines) is 1. The first-order chi connectivity index (χ1) is 12.7. The summed E-state index contributed by atoms with van der Waals surface area (Å²) in [4.78, 5) is 37.9. The Morgan fingerprint density at radius 1 is 1.22 bits per heavy atom. The number of halogens is 2. The molecule has 0 spiro atoms. The largest absolute Gasteiger partial charge is 0.480 e. The van der Waals surface area contributed by atoms with Crippen molar-refractivity contribution in [2.75, 3.05) is 20.1 Å². The van der Waals surface area contributed by atoms with Gasteiger partial charge in [0.25, 0.3) is 5.92 Å². The summed E-state index contributed by atoms with van der Waals surface area (Å²) >= 11 is 0. The number of ether oxygens (including phenoxy) is 1. The molecule has 0 aromatic heterocycles. The van der Waals surface area contributed by atoms with E-state index < -0.39 is 49.2 Å². The third-order valence-corrected chi connectivity index (χ3v) is 4.46. The molecular weight excluding hydrogens is 362 g/mol. The van der Waals surface area contributed by atoms with Gasteiger partial charge in [-0.1, -0.05) is 30.3 Å². The number of carbonyl (C=O) groups excluding carboxylic acids is 2. The van der Waals surface area contributed by atoms with E-state index in [1.165, 1.54) is 11.9 Å². The van der Waals surface area contributed by atoms with Crippen LogP contribution in [0.4, 0.5) is 13.6 Å². The van der Waals surface area contributed by atoms with Gasteiger partial charge in [-0.15, -0.1) is 0 Å². The number of hydrogen-bond donors (Lipinski definition) is 1.